The van der Waals surface area contributed by atoms with Crippen LogP contribution in [-0.2, 0) is 23.8 Å². The van der Waals surface area contributed by atoms with E-state index in [0.717, 1.165) is 6.08 Å². The molecule has 0 heterocycles. The van der Waals surface area contributed by atoms with Crippen molar-refractivity contribution >= 4 is 23.9 Å². The van der Waals surface area contributed by atoms with Gasteiger partial charge in [-0.2, -0.15) is 0 Å². The molecular formula is C18H20O8. The van der Waals surface area contributed by atoms with Crippen molar-refractivity contribution in [1.82, 2.24) is 0 Å². The molecule has 1 unspecified atom stereocenters. The first-order valence-corrected chi connectivity index (χ1v) is 7.77. The Labute approximate surface area is 150 Å². The average Bonchev–Trinajstić information content (AvgIpc) is 2.64. The molecule has 0 fully saturated rings. The topological polar surface area (TPSA) is 116 Å². The van der Waals surface area contributed by atoms with Gasteiger partial charge in [0, 0.05) is 6.08 Å². The highest BCUT2D eigenvalue weighted by molar-refractivity contribution is 6.02. The molecule has 1 aromatic rings. The zero-order chi connectivity index (χ0) is 19.7. The maximum Gasteiger partial charge on any atom is 0.350 e. The monoisotopic (exact) mass is 364 g/mol. The number of carbonyl (C=O) groups excluding carboxylic acids is 3. The maximum absolute atomic E-state index is 12.1. The molecule has 0 radical (unpaired) electrons. The first-order valence-electron chi connectivity index (χ1n) is 7.77. The fourth-order valence-electron chi connectivity index (χ4n) is 1.87. The van der Waals surface area contributed by atoms with E-state index in [1.807, 2.05) is 0 Å². The highest BCUT2D eigenvalue weighted by Gasteiger charge is 2.36. The lowest BCUT2D eigenvalue weighted by molar-refractivity contribution is -0.178. The van der Waals surface area contributed by atoms with Gasteiger partial charge in [-0.15, -0.1) is 0 Å². The van der Waals surface area contributed by atoms with Gasteiger partial charge in [-0.1, -0.05) is 25.6 Å². The van der Waals surface area contributed by atoms with E-state index in [0.29, 0.717) is 0 Å². The fraction of sp³-hybridized carbons (Fsp3) is 0.333. The SMILES string of the molecule is C=CC(=O)OC(C)(CC)C(=O)OCCOC(=O)c1ccccc1C(=O)O. The summed E-state index contributed by atoms with van der Waals surface area (Å²) in [5, 5.41) is 9.04. The van der Waals surface area contributed by atoms with Crippen LogP contribution >= 0.6 is 0 Å². The molecule has 1 rings (SSSR count). The minimum atomic E-state index is -1.48. The van der Waals surface area contributed by atoms with Crippen LogP contribution in [0.15, 0.2) is 36.9 Å². The highest BCUT2D eigenvalue weighted by Crippen LogP contribution is 2.18. The smallest absolute Gasteiger partial charge is 0.350 e. The molecule has 0 aliphatic heterocycles. The molecule has 1 atom stereocenters. The second kappa shape index (κ2) is 9.36. The summed E-state index contributed by atoms with van der Waals surface area (Å²) in [5.74, 6) is -3.66. The molecule has 0 aromatic heterocycles. The van der Waals surface area contributed by atoms with Crippen LogP contribution in [0.4, 0.5) is 0 Å². The Kier molecular flexibility index (Phi) is 7.52. The number of esters is 3. The van der Waals surface area contributed by atoms with Crippen molar-refractivity contribution in [2.75, 3.05) is 13.2 Å². The number of benzene rings is 1. The van der Waals surface area contributed by atoms with Gasteiger partial charge in [-0.3, -0.25) is 0 Å². The van der Waals surface area contributed by atoms with Gasteiger partial charge in [0.15, 0.2) is 0 Å². The molecule has 26 heavy (non-hydrogen) atoms. The molecule has 8 nitrogen and oxygen atoms in total. The summed E-state index contributed by atoms with van der Waals surface area (Å²) in [4.78, 5) is 46.4. The predicted molar refractivity (Wildman–Crippen MR) is 89.6 cm³/mol. The first-order chi connectivity index (χ1) is 12.2. The number of hydrogen-bond donors (Lipinski definition) is 1. The number of carboxylic acids is 1. The summed E-state index contributed by atoms with van der Waals surface area (Å²) in [6, 6.07) is 5.59. The summed E-state index contributed by atoms with van der Waals surface area (Å²) in [6.07, 6.45) is 1.11. The summed E-state index contributed by atoms with van der Waals surface area (Å²) in [7, 11) is 0. The van der Waals surface area contributed by atoms with Gasteiger partial charge in [-0.25, -0.2) is 19.2 Å². The Morgan fingerprint density at radius 2 is 1.69 bits per heavy atom. The number of carbonyl (C=O) groups is 4. The quantitative estimate of drug-likeness (QED) is 0.306. The molecular weight excluding hydrogens is 344 g/mol. The zero-order valence-electron chi connectivity index (χ0n) is 14.5. The summed E-state index contributed by atoms with van der Waals surface area (Å²) >= 11 is 0. The van der Waals surface area contributed by atoms with E-state index in [1.165, 1.54) is 31.2 Å². The van der Waals surface area contributed by atoms with E-state index in [2.05, 4.69) is 6.58 Å². The van der Waals surface area contributed by atoms with Crippen molar-refractivity contribution < 1.29 is 38.5 Å². The molecule has 0 saturated heterocycles. The van der Waals surface area contributed by atoms with E-state index in [1.54, 1.807) is 6.92 Å². The van der Waals surface area contributed by atoms with Crippen molar-refractivity contribution in [1.29, 1.82) is 0 Å². The lowest BCUT2D eigenvalue weighted by atomic mass is 10.0. The molecule has 0 spiro atoms. The number of rotatable bonds is 9. The third kappa shape index (κ3) is 5.44. The second-order valence-electron chi connectivity index (χ2n) is 5.33. The van der Waals surface area contributed by atoms with Crippen LogP contribution in [0.5, 0.6) is 0 Å². The van der Waals surface area contributed by atoms with Gasteiger partial charge in [0.1, 0.15) is 13.2 Å². The number of carboxylic acid groups (broad SMARTS) is 1. The third-order valence-electron chi connectivity index (χ3n) is 3.53. The molecule has 1 N–H and O–H groups in total. The summed E-state index contributed by atoms with van der Waals surface area (Å²) in [5.41, 5.74) is -1.78. The molecule has 0 amide bonds. The van der Waals surface area contributed by atoms with Crippen molar-refractivity contribution in [2.24, 2.45) is 0 Å². The van der Waals surface area contributed by atoms with E-state index < -0.39 is 29.5 Å². The average molecular weight is 364 g/mol. The van der Waals surface area contributed by atoms with E-state index in [4.69, 9.17) is 19.3 Å². The van der Waals surface area contributed by atoms with Crippen LogP contribution in [0.1, 0.15) is 41.0 Å². The Morgan fingerprint density at radius 1 is 1.12 bits per heavy atom. The lowest BCUT2D eigenvalue weighted by Crippen LogP contribution is -2.41. The Balaban J connectivity index is 2.57. The number of ether oxygens (including phenoxy) is 3. The maximum atomic E-state index is 12.1. The van der Waals surface area contributed by atoms with Gasteiger partial charge in [-0.05, 0) is 25.5 Å². The predicted octanol–water partition coefficient (Wildman–Crippen LogP) is 1.98. The number of hydrogen-bond acceptors (Lipinski definition) is 7. The van der Waals surface area contributed by atoms with Crippen molar-refractivity contribution in [3.63, 3.8) is 0 Å². The molecule has 1 aromatic carbocycles. The van der Waals surface area contributed by atoms with Gasteiger partial charge in [0.25, 0.3) is 0 Å². The summed E-state index contributed by atoms with van der Waals surface area (Å²) < 4.78 is 14.9. The van der Waals surface area contributed by atoms with Gasteiger partial charge >= 0.3 is 23.9 Å². The Hall–Kier alpha value is -3.16. The Bertz CT molecular complexity index is 709. The lowest BCUT2D eigenvalue weighted by Gasteiger charge is -2.25. The molecule has 140 valence electrons. The van der Waals surface area contributed by atoms with Gasteiger partial charge in [0.05, 0.1) is 11.1 Å². The molecule has 0 aliphatic carbocycles. The van der Waals surface area contributed by atoms with Gasteiger partial charge in [0.2, 0.25) is 5.60 Å². The molecule has 0 bridgehead atoms. The van der Waals surface area contributed by atoms with Gasteiger partial charge < -0.3 is 19.3 Å². The molecule has 0 aliphatic rings. The normalized spacial score (nSPS) is 12.4. The van der Waals surface area contributed by atoms with Crippen LogP contribution in [0, 0.1) is 0 Å². The fourth-order valence-corrected chi connectivity index (χ4v) is 1.87. The summed E-state index contributed by atoms with van der Waals surface area (Å²) in [6.45, 7) is 5.73. The van der Waals surface area contributed by atoms with Crippen LogP contribution in [0.2, 0.25) is 0 Å². The van der Waals surface area contributed by atoms with Crippen molar-refractivity contribution in [3.8, 4) is 0 Å². The van der Waals surface area contributed by atoms with Crippen molar-refractivity contribution in [2.45, 2.75) is 25.9 Å². The minimum Gasteiger partial charge on any atom is -0.478 e. The largest absolute Gasteiger partial charge is 0.478 e. The van der Waals surface area contributed by atoms with E-state index >= 15 is 0 Å². The van der Waals surface area contributed by atoms with Crippen LogP contribution < -0.4 is 0 Å². The van der Waals surface area contributed by atoms with E-state index in [-0.39, 0.29) is 30.8 Å². The van der Waals surface area contributed by atoms with Crippen LogP contribution in [0.3, 0.4) is 0 Å². The second-order valence-corrected chi connectivity index (χ2v) is 5.33. The molecule has 8 heteroatoms. The zero-order valence-corrected chi connectivity index (χ0v) is 14.5. The van der Waals surface area contributed by atoms with Crippen molar-refractivity contribution in [3.05, 3.63) is 48.0 Å². The Morgan fingerprint density at radius 3 is 2.23 bits per heavy atom. The highest BCUT2D eigenvalue weighted by atomic mass is 16.6. The standard InChI is InChI=1S/C18H20O8/c1-4-14(19)26-18(3,5-2)17(23)25-11-10-24-16(22)13-9-7-6-8-12(13)15(20)21/h4,6-9H,1,5,10-11H2,2-3H3,(H,20,21). The van der Waals surface area contributed by atoms with Crippen LogP contribution in [-0.4, -0.2) is 47.8 Å². The number of aromatic carboxylic acids is 1. The minimum absolute atomic E-state index is 0.107. The third-order valence-corrected chi connectivity index (χ3v) is 3.53. The molecule has 0 saturated carbocycles. The van der Waals surface area contributed by atoms with Crippen LogP contribution in [0.25, 0.3) is 0 Å². The first kappa shape index (κ1) is 20.9. The van der Waals surface area contributed by atoms with E-state index in [9.17, 15) is 19.2 Å².